The maximum Gasteiger partial charge on any atom is 0.253 e. The number of benzene rings is 1. The molecule has 128 valence electrons. The van der Waals surface area contributed by atoms with Crippen LogP contribution in [0.25, 0.3) is 5.65 Å². The maximum atomic E-state index is 12.5. The zero-order valence-electron chi connectivity index (χ0n) is 13.7. The molecule has 1 saturated heterocycles. The molecule has 1 amide bonds. The second kappa shape index (κ2) is 6.84. The predicted octanol–water partition coefficient (Wildman–Crippen LogP) is 1.48. The molecule has 0 radical (unpaired) electrons. The van der Waals surface area contributed by atoms with Crippen LogP contribution in [0, 0.1) is 5.92 Å². The number of piperidine rings is 1. The minimum absolute atomic E-state index is 0.123. The molecule has 1 aliphatic heterocycles. The topological polar surface area (TPSA) is 88.3 Å². The Morgan fingerprint density at radius 1 is 1.12 bits per heavy atom. The van der Waals surface area contributed by atoms with E-state index in [9.17, 15) is 4.79 Å². The maximum absolute atomic E-state index is 12.5. The summed E-state index contributed by atoms with van der Waals surface area (Å²) in [4.78, 5) is 14.4. The summed E-state index contributed by atoms with van der Waals surface area (Å²) < 4.78 is 1.41. The summed E-state index contributed by atoms with van der Waals surface area (Å²) in [5.74, 6) is 1.39. The molecule has 8 heteroatoms. The monoisotopic (exact) mass is 337 g/mol. The summed E-state index contributed by atoms with van der Waals surface area (Å²) in [6.45, 7) is 2.41. The van der Waals surface area contributed by atoms with Crippen molar-refractivity contribution in [2.75, 3.05) is 25.0 Å². The number of fused-ring (bicyclic) bond motifs is 1. The number of carbonyl (C=O) groups is 1. The van der Waals surface area contributed by atoms with Crippen molar-refractivity contribution in [3.63, 3.8) is 0 Å². The first-order valence-electron chi connectivity index (χ1n) is 8.43. The number of rotatable bonds is 4. The summed E-state index contributed by atoms with van der Waals surface area (Å²) in [6, 6.07) is 13.2. The van der Waals surface area contributed by atoms with E-state index in [1.807, 2.05) is 47.4 Å². The summed E-state index contributed by atoms with van der Waals surface area (Å²) in [7, 11) is 0. The molecule has 0 spiro atoms. The first-order valence-corrected chi connectivity index (χ1v) is 8.43. The smallest absolute Gasteiger partial charge is 0.253 e. The lowest BCUT2D eigenvalue weighted by Crippen LogP contribution is -2.39. The van der Waals surface area contributed by atoms with Crippen molar-refractivity contribution in [1.82, 2.24) is 30.2 Å². The standard InChI is InChI=1S/C17H19N7O/c25-17(14-4-2-1-3-5-14)23-10-8-13(9-11-23)12-18-15-6-7-16-19-21-22-24(16)20-15/h1-7,13H,8-12H2,(H,18,20). The normalized spacial score (nSPS) is 15.4. The van der Waals surface area contributed by atoms with Crippen molar-refractivity contribution in [3.05, 3.63) is 48.0 Å². The minimum atomic E-state index is 0.123. The molecule has 2 aromatic heterocycles. The summed E-state index contributed by atoms with van der Waals surface area (Å²) in [5.41, 5.74) is 1.39. The molecule has 0 bridgehead atoms. The lowest BCUT2D eigenvalue weighted by molar-refractivity contribution is 0.0695. The zero-order valence-corrected chi connectivity index (χ0v) is 13.7. The van der Waals surface area contributed by atoms with E-state index in [4.69, 9.17) is 0 Å². The quantitative estimate of drug-likeness (QED) is 0.776. The van der Waals surface area contributed by atoms with Crippen LogP contribution < -0.4 is 5.32 Å². The minimum Gasteiger partial charge on any atom is -0.368 e. The molecule has 25 heavy (non-hydrogen) atoms. The molecule has 4 rings (SSSR count). The van der Waals surface area contributed by atoms with Gasteiger partial charge in [0.05, 0.1) is 0 Å². The third-order valence-electron chi connectivity index (χ3n) is 4.56. The Kier molecular flexibility index (Phi) is 4.24. The molecule has 8 nitrogen and oxygen atoms in total. The van der Waals surface area contributed by atoms with Crippen molar-refractivity contribution in [2.24, 2.45) is 5.92 Å². The zero-order chi connectivity index (χ0) is 17.1. The Bertz CT molecular complexity index is 856. The van der Waals surface area contributed by atoms with Gasteiger partial charge in [-0.1, -0.05) is 18.2 Å². The average molecular weight is 337 g/mol. The molecule has 1 fully saturated rings. The first kappa shape index (κ1) is 15.5. The Labute approximate surface area is 144 Å². The SMILES string of the molecule is O=C(c1ccccc1)N1CCC(CNc2ccc3nnnn3n2)CC1. The Hall–Kier alpha value is -3.03. The van der Waals surface area contributed by atoms with Gasteiger partial charge >= 0.3 is 0 Å². The second-order valence-corrected chi connectivity index (χ2v) is 6.23. The number of nitrogens with zero attached hydrogens (tertiary/aromatic N) is 6. The van der Waals surface area contributed by atoms with Crippen molar-refractivity contribution >= 4 is 17.4 Å². The molecule has 1 aromatic carbocycles. The van der Waals surface area contributed by atoms with Crippen LogP contribution in [0.2, 0.25) is 0 Å². The lowest BCUT2D eigenvalue weighted by atomic mass is 9.96. The molecule has 0 saturated carbocycles. The Morgan fingerprint density at radius 2 is 1.92 bits per heavy atom. The Morgan fingerprint density at radius 3 is 2.72 bits per heavy atom. The van der Waals surface area contributed by atoms with E-state index in [1.165, 1.54) is 4.63 Å². The highest BCUT2D eigenvalue weighted by atomic mass is 16.2. The third-order valence-corrected chi connectivity index (χ3v) is 4.56. The van der Waals surface area contributed by atoms with Gasteiger partial charge in [-0.3, -0.25) is 4.79 Å². The van der Waals surface area contributed by atoms with Crippen LogP contribution in [0.4, 0.5) is 5.82 Å². The lowest BCUT2D eigenvalue weighted by Gasteiger charge is -2.32. The number of hydrogen-bond acceptors (Lipinski definition) is 6. The molecular weight excluding hydrogens is 318 g/mol. The molecule has 0 atom stereocenters. The number of carbonyl (C=O) groups excluding carboxylic acids is 1. The Balaban J connectivity index is 1.29. The number of aromatic nitrogens is 5. The number of nitrogens with one attached hydrogen (secondary N) is 1. The molecule has 1 N–H and O–H groups in total. The number of hydrogen-bond donors (Lipinski definition) is 1. The van der Waals surface area contributed by atoms with Crippen molar-refractivity contribution < 1.29 is 4.79 Å². The van der Waals surface area contributed by atoms with Crippen LogP contribution in [0.5, 0.6) is 0 Å². The highest BCUT2D eigenvalue weighted by Crippen LogP contribution is 2.19. The van der Waals surface area contributed by atoms with E-state index in [2.05, 4.69) is 25.9 Å². The van der Waals surface area contributed by atoms with Crippen molar-refractivity contribution in [1.29, 1.82) is 0 Å². The molecule has 0 unspecified atom stereocenters. The van der Waals surface area contributed by atoms with Gasteiger partial charge < -0.3 is 10.2 Å². The highest BCUT2D eigenvalue weighted by Gasteiger charge is 2.23. The summed E-state index contributed by atoms with van der Waals surface area (Å²) in [6.07, 6.45) is 1.97. The largest absolute Gasteiger partial charge is 0.368 e. The highest BCUT2D eigenvalue weighted by molar-refractivity contribution is 5.94. The fraction of sp³-hybridized carbons (Fsp3) is 0.353. The van der Waals surface area contributed by atoms with Crippen LogP contribution in [0.1, 0.15) is 23.2 Å². The van der Waals surface area contributed by atoms with Gasteiger partial charge in [0.25, 0.3) is 5.91 Å². The van der Waals surface area contributed by atoms with Gasteiger partial charge in [0, 0.05) is 25.2 Å². The molecule has 3 aromatic rings. The number of likely N-dealkylation sites (tertiary alicyclic amines) is 1. The van der Waals surface area contributed by atoms with Crippen LogP contribution >= 0.6 is 0 Å². The molecule has 3 heterocycles. The second-order valence-electron chi connectivity index (χ2n) is 6.23. The van der Waals surface area contributed by atoms with Gasteiger partial charge in [0.1, 0.15) is 5.82 Å². The van der Waals surface area contributed by atoms with Crippen LogP contribution in [0.15, 0.2) is 42.5 Å². The molecular formula is C17H19N7O. The van der Waals surface area contributed by atoms with Gasteiger partial charge in [-0.2, -0.15) is 0 Å². The van der Waals surface area contributed by atoms with Gasteiger partial charge in [-0.25, -0.2) is 0 Å². The van der Waals surface area contributed by atoms with E-state index in [0.29, 0.717) is 11.6 Å². The predicted molar refractivity (Wildman–Crippen MR) is 92.1 cm³/mol. The van der Waals surface area contributed by atoms with Gasteiger partial charge in [-0.15, -0.1) is 14.8 Å². The molecule has 1 aliphatic rings. The first-order chi connectivity index (χ1) is 12.3. The average Bonchev–Trinajstić information content (AvgIpc) is 3.15. The van der Waals surface area contributed by atoms with E-state index >= 15 is 0 Å². The number of amides is 1. The van der Waals surface area contributed by atoms with Crippen LogP contribution in [-0.2, 0) is 0 Å². The van der Waals surface area contributed by atoms with E-state index < -0.39 is 0 Å². The number of anilines is 1. The van der Waals surface area contributed by atoms with Crippen molar-refractivity contribution in [2.45, 2.75) is 12.8 Å². The summed E-state index contributed by atoms with van der Waals surface area (Å²) in [5, 5.41) is 18.9. The fourth-order valence-corrected chi connectivity index (χ4v) is 3.10. The summed E-state index contributed by atoms with van der Waals surface area (Å²) >= 11 is 0. The van der Waals surface area contributed by atoms with E-state index in [0.717, 1.165) is 43.9 Å². The van der Waals surface area contributed by atoms with Gasteiger partial charge in [0.2, 0.25) is 0 Å². The van der Waals surface area contributed by atoms with E-state index in [-0.39, 0.29) is 5.91 Å². The van der Waals surface area contributed by atoms with Crippen molar-refractivity contribution in [3.8, 4) is 0 Å². The van der Waals surface area contributed by atoms with Gasteiger partial charge in [-0.05, 0) is 53.5 Å². The number of tetrazole rings is 1. The van der Waals surface area contributed by atoms with Crippen LogP contribution in [-0.4, -0.2) is 55.7 Å². The third kappa shape index (κ3) is 3.42. The van der Waals surface area contributed by atoms with E-state index in [1.54, 1.807) is 0 Å². The van der Waals surface area contributed by atoms with Crippen LogP contribution in [0.3, 0.4) is 0 Å². The van der Waals surface area contributed by atoms with Gasteiger partial charge in [0.15, 0.2) is 5.65 Å². The molecule has 0 aliphatic carbocycles. The fourth-order valence-electron chi connectivity index (χ4n) is 3.10.